The molecule has 0 aliphatic carbocycles. The number of carbonyl (C=O) groups is 2. The minimum absolute atomic E-state index is 0.0318. The normalized spacial score (nSPS) is 20.2. The Balaban J connectivity index is 1.83. The number of aliphatic hydroxyl groups is 3. The molecule has 1 saturated heterocycles. The quantitative estimate of drug-likeness (QED) is 0.0155. The topological polar surface area (TPSA) is 286 Å². The first-order valence-electron chi connectivity index (χ1n) is 25.1. The van der Waals surface area contributed by atoms with Crippen LogP contribution in [0.4, 0.5) is 5.82 Å². The van der Waals surface area contributed by atoms with Gasteiger partial charge in [0, 0.05) is 19.0 Å². The van der Waals surface area contributed by atoms with Crippen molar-refractivity contribution in [3.63, 3.8) is 0 Å². The van der Waals surface area contributed by atoms with E-state index < -0.39 is 83.7 Å². The number of rotatable bonds is 40. The van der Waals surface area contributed by atoms with Gasteiger partial charge < -0.3 is 45.1 Å². The molecular formula is C49H83N3O16P2. The summed E-state index contributed by atoms with van der Waals surface area (Å²) in [5.74, 6) is -0.630. The number of nitrogen functional groups attached to an aromatic ring is 1. The molecule has 21 heteroatoms. The molecule has 0 saturated carbocycles. The fraction of sp³-hybridized carbons (Fsp3) is 0.714. The molecule has 70 heavy (non-hydrogen) atoms. The molecule has 2 rings (SSSR count). The fourth-order valence-electron chi connectivity index (χ4n) is 7.18. The molecule has 1 aromatic heterocycles. The van der Waals surface area contributed by atoms with E-state index in [4.69, 9.17) is 29.0 Å². The lowest BCUT2D eigenvalue weighted by molar-refractivity contribution is -0.161. The van der Waals surface area contributed by atoms with Crippen molar-refractivity contribution >= 4 is 33.4 Å². The van der Waals surface area contributed by atoms with Crippen LogP contribution in [0, 0.1) is 5.92 Å². The first kappa shape index (κ1) is 62.8. The second kappa shape index (κ2) is 36.6. The molecule has 19 nitrogen and oxygen atoms in total. The molecule has 0 radical (unpaired) electrons. The van der Waals surface area contributed by atoms with Crippen molar-refractivity contribution in [3.8, 4) is 0 Å². The smallest absolute Gasteiger partial charge is 0.462 e. The Morgan fingerprint density at radius 2 is 1.30 bits per heavy atom. The van der Waals surface area contributed by atoms with Crippen LogP contribution in [0.25, 0.3) is 0 Å². The number of hydrogen-bond donors (Lipinski definition) is 6. The minimum atomic E-state index is -5.44. The molecule has 1 aliphatic rings. The van der Waals surface area contributed by atoms with Crippen LogP contribution in [-0.4, -0.2) is 96.9 Å². The molecular weight excluding hydrogens is 948 g/mol. The lowest BCUT2D eigenvalue weighted by Gasteiger charge is -2.21. The Kier molecular flexibility index (Phi) is 32.8. The Morgan fingerprint density at radius 3 is 1.89 bits per heavy atom. The maximum atomic E-state index is 12.8. The summed E-state index contributed by atoms with van der Waals surface area (Å²) in [5, 5.41) is 30.5. The number of nitrogens with two attached hydrogens (primary N) is 1. The van der Waals surface area contributed by atoms with Crippen LogP contribution in [0.15, 0.2) is 65.7 Å². The van der Waals surface area contributed by atoms with E-state index in [9.17, 15) is 48.6 Å². The van der Waals surface area contributed by atoms with Gasteiger partial charge in [-0.15, -0.1) is 0 Å². The van der Waals surface area contributed by atoms with Gasteiger partial charge in [0.2, 0.25) is 0 Å². The molecule has 0 bridgehead atoms. The van der Waals surface area contributed by atoms with Crippen molar-refractivity contribution in [3.05, 3.63) is 71.4 Å². The molecule has 0 amide bonds. The highest BCUT2D eigenvalue weighted by Gasteiger charge is 2.46. The van der Waals surface area contributed by atoms with Gasteiger partial charge >= 0.3 is 33.3 Å². The molecule has 2 unspecified atom stereocenters. The van der Waals surface area contributed by atoms with Crippen molar-refractivity contribution in [1.82, 2.24) is 9.55 Å². The molecule has 1 aromatic rings. The lowest BCUT2D eigenvalue weighted by Crippen LogP contribution is -2.36. The molecule has 7 N–H and O–H groups in total. The van der Waals surface area contributed by atoms with E-state index in [1.807, 2.05) is 25.2 Å². The molecule has 400 valence electrons. The van der Waals surface area contributed by atoms with Gasteiger partial charge in [0.25, 0.3) is 0 Å². The van der Waals surface area contributed by atoms with Gasteiger partial charge in [-0.2, -0.15) is 9.29 Å². The zero-order valence-corrected chi connectivity index (χ0v) is 43.4. The first-order valence-corrected chi connectivity index (χ1v) is 28.1. The Labute approximate surface area is 414 Å². The van der Waals surface area contributed by atoms with Crippen LogP contribution in [0.5, 0.6) is 0 Å². The third kappa shape index (κ3) is 29.9. The Morgan fingerprint density at radius 1 is 0.757 bits per heavy atom. The highest BCUT2D eigenvalue weighted by Crippen LogP contribution is 2.60. The fourth-order valence-corrected chi connectivity index (χ4v) is 9.29. The van der Waals surface area contributed by atoms with Crippen LogP contribution in [0.1, 0.15) is 168 Å². The largest absolute Gasteiger partial charge is 0.481 e. The van der Waals surface area contributed by atoms with Gasteiger partial charge in [-0.3, -0.25) is 23.2 Å². The van der Waals surface area contributed by atoms with E-state index >= 15 is 0 Å². The monoisotopic (exact) mass is 1030 g/mol. The lowest BCUT2D eigenvalue weighted by atomic mass is 10.0. The minimum Gasteiger partial charge on any atom is -0.462 e. The summed E-state index contributed by atoms with van der Waals surface area (Å²) in [5.41, 5.74) is 4.58. The number of hydrogen-bond acceptors (Lipinski definition) is 16. The van der Waals surface area contributed by atoms with E-state index in [2.05, 4.69) is 53.5 Å². The standard InChI is InChI=1S/C49H83N3O16P2/c1-4-40(53)31-27-23-19-15-11-7-5-6-8-12-16-20-24-28-32-44(54)63-36-41(66-45(55)33-29-25-21-17-13-9-10-14-18-22-26-30-39(2)3)37-64-69(59,60)68-70(61,62)65-38-42-46(56)47(57)48(67-42)52-35-34-43(50)51-49(52)58/h6-8,11,16,19-20,23,34-35,39-42,46-48,53,56-57H,4-5,9-10,12-15,17-18,21-22,24-33,36-38H2,1-3H3,(H,59,60)(H,61,62)(H2,50,51,58)/b8-6-,11-7-,20-16-,23-19-/t40-,41+,42+,46+,47+,48+/m0/s1. The number of allylic oxidation sites excluding steroid dienone is 8. The highest BCUT2D eigenvalue weighted by atomic mass is 31.3. The summed E-state index contributed by atoms with van der Waals surface area (Å²) < 4.78 is 56.7. The highest BCUT2D eigenvalue weighted by molar-refractivity contribution is 7.61. The summed E-state index contributed by atoms with van der Waals surface area (Å²) in [6, 6.07) is 1.24. The van der Waals surface area contributed by atoms with Crippen LogP contribution in [0.2, 0.25) is 0 Å². The SMILES string of the molecule is CC[C@H](O)CC/C=C\C/C=C\C/C=C\C/C=C\CCCC(=O)OC[C@H](COP(=O)(O)OP(=O)(O)OC[C@H]1O[C@@H](n2ccc(N)nc2=O)[C@H](O)[C@@H]1O)OC(=O)CCCCCCCCCCCCCC(C)C. The maximum Gasteiger partial charge on any atom is 0.481 e. The number of anilines is 1. The molecule has 2 heterocycles. The van der Waals surface area contributed by atoms with E-state index in [-0.39, 0.29) is 24.8 Å². The third-order valence-electron chi connectivity index (χ3n) is 11.3. The molecule has 0 aromatic carbocycles. The third-order valence-corrected chi connectivity index (χ3v) is 13.9. The number of nitrogens with zero attached hydrogens (tertiary/aromatic N) is 2. The number of carbonyl (C=O) groups excluding carboxylic acids is 2. The van der Waals surface area contributed by atoms with E-state index in [0.29, 0.717) is 19.3 Å². The summed E-state index contributed by atoms with van der Waals surface area (Å²) in [4.78, 5) is 61.8. The maximum absolute atomic E-state index is 12.8. The van der Waals surface area contributed by atoms with Crippen molar-refractivity contribution in [2.75, 3.05) is 25.6 Å². The van der Waals surface area contributed by atoms with Gasteiger partial charge in [0.15, 0.2) is 12.3 Å². The summed E-state index contributed by atoms with van der Waals surface area (Å²) in [7, 11) is -10.9. The second-order valence-electron chi connectivity index (χ2n) is 17.9. The number of aliphatic hydroxyl groups excluding tert-OH is 3. The zero-order chi connectivity index (χ0) is 51.6. The van der Waals surface area contributed by atoms with Crippen molar-refractivity contribution in [1.29, 1.82) is 0 Å². The van der Waals surface area contributed by atoms with Crippen molar-refractivity contribution in [2.45, 2.75) is 199 Å². The molecule has 8 atom stereocenters. The van der Waals surface area contributed by atoms with E-state index in [1.165, 1.54) is 51.0 Å². The van der Waals surface area contributed by atoms with E-state index in [1.54, 1.807) is 0 Å². The number of phosphoric ester groups is 2. The van der Waals surface area contributed by atoms with E-state index in [0.717, 1.165) is 80.9 Å². The number of aromatic nitrogens is 2. The number of phosphoric acid groups is 2. The van der Waals surface area contributed by atoms with Gasteiger partial charge in [0.1, 0.15) is 30.7 Å². The average molecular weight is 1030 g/mol. The molecule has 1 aliphatic heterocycles. The van der Waals surface area contributed by atoms with Crippen molar-refractivity contribution in [2.24, 2.45) is 5.92 Å². The summed E-state index contributed by atoms with van der Waals surface area (Å²) >= 11 is 0. The van der Waals surface area contributed by atoms with Crippen LogP contribution >= 0.6 is 15.6 Å². The van der Waals surface area contributed by atoms with Crippen LogP contribution in [-0.2, 0) is 46.3 Å². The van der Waals surface area contributed by atoms with Crippen LogP contribution in [0.3, 0.4) is 0 Å². The van der Waals surface area contributed by atoms with Gasteiger partial charge in [0.05, 0.1) is 19.3 Å². The Bertz CT molecular complexity index is 1890. The first-order chi connectivity index (χ1) is 33.4. The number of ether oxygens (including phenoxy) is 3. The zero-order valence-electron chi connectivity index (χ0n) is 41.6. The second-order valence-corrected chi connectivity index (χ2v) is 21.0. The van der Waals surface area contributed by atoms with Gasteiger partial charge in [-0.05, 0) is 69.8 Å². The van der Waals surface area contributed by atoms with Gasteiger partial charge in [-0.25, -0.2) is 13.9 Å². The molecule has 0 spiro atoms. The summed E-state index contributed by atoms with van der Waals surface area (Å²) in [6.45, 7) is 4.10. The van der Waals surface area contributed by atoms with Crippen molar-refractivity contribution < 1.29 is 71.4 Å². The predicted molar refractivity (Wildman–Crippen MR) is 267 cm³/mol. The van der Waals surface area contributed by atoms with Gasteiger partial charge in [-0.1, -0.05) is 140 Å². The molecule has 1 fully saturated rings. The predicted octanol–water partition coefficient (Wildman–Crippen LogP) is 8.99. The average Bonchev–Trinajstić information content (AvgIpc) is 3.58. The number of unbranched alkanes of at least 4 members (excludes halogenated alkanes) is 11. The van der Waals surface area contributed by atoms with Crippen LogP contribution < -0.4 is 11.4 Å². The number of esters is 2. The summed E-state index contributed by atoms with van der Waals surface area (Å²) in [6.07, 6.45) is 28.7. The Hall–Kier alpha value is -3.32.